The van der Waals surface area contributed by atoms with Crippen molar-refractivity contribution in [1.29, 1.82) is 0 Å². The number of rotatable bonds is 5. The first-order valence-corrected chi connectivity index (χ1v) is 4.02. The summed E-state index contributed by atoms with van der Waals surface area (Å²) in [5.74, 6) is -0.773. The van der Waals surface area contributed by atoms with Crippen molar-refractivity contribution >= 4 is 0 Å². The third-order valence-electron chi connectivity index (χ3n) is 1.66. The van der Waals surface area contributed by atoms with E-state index in [9.17, 15) is 0 Å². The van der Waals surface area contributed by atoms with Crippen molar-refractivity contribution < 1.29 is 19.7 Å². The minimum absolute atomic E-state index is 0.532. The van der Waals surface area contributed by atoms with Crippen molar-refractivity contribution in [3.63, 3.8) is 0 Å². The smallest absolute Gasteiger partial charge is 0.178 e. The average Bonchev–Trinajstić information content (AvgIpc) is 2.00. The minimum Gasteiger partial charge on any atom is -0.366 e. The lowest BCUT2D eigenvalue weighted by Crippen LogP contribution is -2.38. The lowest BCUT2D eigenvalue weighted by atomic mass is 10.2. The zero-order valence-electron chi connectivity index (χ0n) is 8.07. The van der Waals surface area contributed by atoms with E-state index in [-0.39, 0.29) is 0 Å². The first-order valence-electron chi connectivity index (χ1n) is 4.02. The monoisotopic (exact) mass is 178 g/mol. The van der Waals surface area contributed by atoms with Crippen LogP contribution in [0.4, 0.5) is 0 Å². The van der Waals surface area contributed by atoms with Gasteiger partial charge >= 0.3 is 0 Å². The molecule has 0 aromatic carbocycles. The molecule has 0 radical (unpaired) electrons. The summed E-state index contributed by atoms with van der Waals surface area (Å²) in [5.41, 5.74) is 0. The Hall–Kier alpha value is -0.160. The van der Waals surface area contributed by atoms with Crippen LogP contribution in [0.25, 0.3) is 0 Å². The molecule has 0 saturated heterocycles. The van der Waals surface area contributed by atoms with Crippen molar-refractivity contribution in [3.05, 3.63) is 0 Å². The first-order chi connectivity index (χ1) is 5.43. The van der Waals surface area contributed by atoms with Gasteiger partial charge in [-0.05, 0) is 20.3 Å². The third-order valence-corrected chi connectivity index (χ3v) is 1.66. The predicted molar refractivity (Wildman–Crippen MR) is 44.5 cm³/mol. The minimum atomic E-state index is -1.45. The molecule has 0 aliphatic heterocycles. The van der Waals surface area contributed by atoms with Crippen LogP contribution in [0, 0.1) is 0 Å². The lowest BCUT2D eigenvalue weighted by Gasteiger charge is -2.29. The molecule has 0 saturated carbocycles. The van der Waals surface area contributed by atoms with E-state index in [4.69, 9.17) is 19.7 Å². The van der Waals surface area contributed by atoms with Crippen molar-refractivity contribution in [2.45, 2.75) is 45.4 Å². The molecule has 0 rings (SSSR count). The van der Waals surface area contributed by atoms with Crippen LogP contribution >= 0.6 is 0 Å². The van der Waals surface area contributed by atoms with Gasteiger partial charge in [-0.3, -0.25) is 0 Å². The van der Waals surface area contributed by atoms with Crippen molar-refractivity contribution in [3.8, 4) is 0 Å². The number of hydrogen-bond acceptors (Lipinski definition) is 4. The lowest BCUT2D eigenvalue weighted by molar-refractivity contribution is -0.266. The van der Waals surface area contributed by atoms with Gasteiger partial charge in [-0.15, -0.1) is 0 Å². The molecule has 2 N–H and O–H groups in total. The Morgan fingerprint density at radius 1 is 1.33 bits per heavy atom. The van der Waals surface area contributed by atoms with Gasteiger partial charge in [0.15, 0.2) is 12.1 Å². The van der Waals surface area contributed by atoms with E-state index in [0.717, 1.165) is 0 Å². The molecule has 0 spiro atoms. The van der Waals surface area contributed by atoms with Crippen LogP contribution in [0.1, 0.15) is 27.2 Å². The summed E-state index contributed by atoms with van der Waals surface area (Å²) in [4.78, 5) is 0. The maximum Gasteiger partial charge on any atom is 0.178 e. The van der Waals surface area contributed by atoms with E-state index in [1.165, 1.54) is 7.11 Å². The molecule has 4 heteroatoms. The van der Waals surface area contributed by atoms with E-state index >= 15 is 0 Å². The molecule has 0 bridgehead atoms. The van der Waals surface area contributed by atoms with E-state index in [1.807, 2.05) is 6.92 Å². The predicted octanol–water partition coefficient (Wildman–Crippen LogP) is 0.475. The highest BCUT2D eigenvalue weighted by molar-refractivity contribution is 4.62. The molecular formula is C8H18O4. The van der Waals surface area contributed by atoms with Gasteiger partial charge in [0.25, 0.3) is 0 Å². The fourth-order valence-corrected chi connectivity index (χ4v) is 0.768. The van der Waals surface area contributed by atoms with Crippen LogP contribution in [0.5, 0.6) is 0 Å². The Balaban J connectivity index is 4.01. The number of hydrogen-bond donors (Lipinski definition) is 2. The third kappa shape index (κ3) is 4.01. The first kappa shape index (κ1) is 11.8. The van der Waals surface area contributed by atoms with Gasteiger partial charge < -0.3 is 19.7 Å². The van der Waals surface area contributed by atoms with Gasteiger partial charge in [0.2, 0.25) is 0 Å². The van der Waals surface area contributed by atoms with E-state index in [0.29, 0.717) is 6.42 Å². The summed E-state index contributed by atoms with van der Waals surface area (Å²) in [6.45, 7) is 5.26. The molecule has 4 nitrogen and oxygen atoms in total. The second-order valence-corrected chi connectivity index (χ2v) is 3.08. The van der Waals surface area contributed by atoms with Crippen LogP contribution in [0.2, 0.25) is 0 Å². The Labute approximate surface area is 73.1 Å². The molecule has 74 valence electrons. The summed E-state index contributed by atoms with van der Waals surface area (Å²) in [6.07, 6.45) is -1.52. The Morgan fingerprint density at radius 2 is 1.83 bits per heavy atom. The second-order valence-electron chi connectivity index (χ2n) is 3.08. The fourth-order valence-electron chi connectivity index (χ4n) is 0.768. The number of ether oxygens (including phenoxy) is 2. The zero-order chi connectivity index (χ0) is 9.78. The maximum absolute atomic E-state index is 8.85. The molecule has 0 unspecified atom stereocenters. The highest BCUT2D eigenvalue weighted by atomic mass is 16.7. The van der Waals surface area contributed by atoms with Crippen LogP contribution < -0.4 is 0 Å². The highest BCUT2D eigenvalue weighted by Gasteiger charge is 2.25. The van der Waals surface area contributed by atoms with Crippen LogP contribution in [0.15, 0.2) is 0 Å². The number of aliphatic hydroxyl groups excluding tert-OH is 1. The Bertz CT molecular complexity index is 122. The van der Waals surface area contributed by atoms with Crippen LogP contribution in [0.3, 0.4) is 0 Å². The molecule has 0 fully saturated rings. The largest absolute Gasteiger partial charge is 0.366 e. The van der Waals surface area contributed by atoms with Gasteiger partial charge in [-0.25, -0.2) is 0 Å². The van der Waals surface area contributed by atoms with Crippen molar-refractivity contribution in [2.24, 2.45) is 0 Å². The molecule has 0 aliphatic rings. The molecule has 0 heterocycles. The van der Waals surface area contributed by atoms with Gasteiger partial charge in [-0.1, -0.05) is 6.92 Å². The summed E-state index contributed by atoms with van der Waals surface area (Å²) in [6, 6.07) is 0. The average molecular weight is 178 g/mol. The van der Waals surface area contributed by atoms with Crippen LogP contribution in [-0.2, 0) is 9.47 Å². The molecule has 0 amide bonds. The Kier molecular flexibility index (Phi) is 4.70. The highest BCUT2D eigenvalue weighted by Crippen LogP contribution is 2.16. The second kappa shape index (κ2) is 4.77. The SMILES string of the molecule is CC[C@H](OC(C)(C)OC)C(O)O. The summed E-state index contributed by atoms with van der Waals surface area (Å²) >= 11 is 0. The van der Waals surface area contributed by atoms with E-state index < -0.39 is 18.2 Å². The van der Waals surface area contributed by atoms with Crippen LogP contribution in [-0.4, -0.2) is 35.5 Å². The number of aliphatic hydroxyl groups is 2. The van der Waals surface area contributed by atoms with Gasteiger partial charge in [0, 0.05) is 7.11 Å². The summed E-state index contributed by atoms with van der Waals surface area (Å²) < 4.78 is 10.3. The zero-order valence-corrected chi connectivity index (χ0v) is 8.07. The topological polar surface area (TPSA) is 58.9 Å². The molecule has 0 aromatic heterocycles. The molecule has 1 atom stereocenters. The van der Waals surface area contributed by atoms with Crippen molar-refractivity contribution in [1.82, 2.24) is 0 Å². The summed E-state index contributed by atoms with van der Waals surface area (Å²) in [7, 11) is 1.51. The van der Waals surface area contributed by atoms with E-state index in [2.05, 4.69) is 0 Å². The summed E-state index contributed by atoms with van der Waals surface area (Å²) in [5, 5.41) is 17.7. The normalized spacial score (nSPS) is 15.2. The molecular weight excluding hydrogens is 160 g/mol. The quantitative estimate of drug-likeness (QED) is 0.601. The maximum atomic E-state index is 8.85. The fraction of sp³-hybridized carbons (Fsp3) is 1.00. The molecule has 0 aromatic rings. The standard InChI is InChI=1S/C8H18O4/c1-5-6(7(9)10)12-8(2,3)11-4/h6-7,9-10H,5H2,1-4H3/t6-/m0/s1. The Morgan fingerprint density at radius 3 is 2.08 bits per heavy atom. The van der Waals surface area contributed by atoms with E-state index in [1.54, 1.807) is 13.8 Å². The van der Waals surface area contributed by atoms with Gasteiger partial charge in [-0.2, -0.15) is 0 Å². The van der Waals surface area contributed by atoms with Crippen molar-refractivity contribution in [2.75, 3.05) is 7.11 Å². The molecule has 0 aliphatic carbocycles. The van der Waals surface area contributed by atoms with Gasteiger partial charge in [0.05, 0.1) is 0 Å². The number of methoxy groups -OCH3 is 1. The molecule has 12 heavy (non-hydrogen) atoms. The van der Waals surface area contributed by atoms with Gasteiger partial charge in [0.1, 0.15) is 6.10 Å².